The number of rotatable bonds is 3. The lowest BCUT2D eigenvalue weighted by Crippen LogP contribution is -2.49. The van der Waals surface area contributed by atoms with Gasteiger partial charge in [0.15, 0.2) is 0 Å². The van der Waals surface area contributed by atoms with E-state index in [4.69, 9.17) is 4.74 Å². The molecule has 2 atom stereocenters. The minimum atomic E-state index is -0.991. The highest BCUT2D eigenvalue weighted by molar-refractivity contribution is 6.37. The lowest BCUT2D eigenvalue weighted by atomic mass is 9.83. The summed E-state index contributed by atoms with van der Waals surface area (Å²) in [5, 5.41) is 2.48. The van der Waals surface area contributed by atoms with Gasteiger partial charge >= 0.3 is 11.9 Å². The number of nitrogens with zero attached hydrogens (tertiary/aromatic N) is 2. The van der Waals surface area contributed by atoms with Crippen molar-refractivity contribution < 1.29 is 19.1 Å². The molecule has 0 spiro atoms. The van der Waals surface area contributed by atoms with E-state index in [0.29, 0.717) is 25.2 Å². The smallest absolute Gasteiger partial charge is 0.397 e. The highest BCUT2D eigenvalue weighted by atomic mass is 16.5. The van der Waals surface area contributed by atoms with E-state index >= 15 is 0 Å². The Morgan fingerprint density at radius 3 is 2.67 bits per heavy atom. The molecule has 156 valence electrons. The predicted octanol–water partition coefficient (Wildman–Crippen LogP) is 1.61. The lowest BCUT2D eigenvalue weighted by molar-refractivity contribution is -0.152. The molecule has 2 aliphatic rings. The van der Waals surface area contributed by atoms with Gasteiger partial charge in [-0.15, -0.1) is 0 Å². The lowest BCUT2D eigenvalue weighted by Gasteiger charge is -2.42. The number of nitrogens with one attached hydrogen (secondary N) is 1. The van der Waals surface area contributed by atoms with Crippen molar-refractivity contribution in [2.24, 2.45) is 5.92 Å². The van der Waals surface area contributed by atoms with Crippen molar-refractivity contribution in [3.8, 4) is 0 Å². The fraction of sp³-hybridized carbons (Fsp3) is 0.364. The molecule has 4 rings (SSSR count). The molecule has 0 aliphatic carbocycles. The van der Waals surface area contributed by atoms with Crippen molar-refractivity contribution in [2.45, 2.75) is 25.8 Å². The van der Waals surface area contributed by atoms with Crippen molar-refractivity contribution in [3.05, 3.63) is 64.1 Å². The van der Waals surface area contributed by atoms with Gasteiger partial charge in [0.25, 0.3) is 11.5 Å². The largest absolute Gasteiger partial charge is 0.459 e. The molecule has 1 N–H and O–H groups in total. The standard InChI is InChI=1S/C22H23N3O5/c1-2-30-22(29)20(27)23-17-7-4-3-6-16(17)21(28)24-11-14-10-15(13-24)18-8-5-9-19(26)25(18)12-14/h3-9,14-15H,2,10-13H2,1H3,(H,23,27)/t14-,15+/m1/s1. The molecule has 8 heteroatoms. The summed E-state index contributed by atoms with van der Waals surface area (Å²) in [6.45, 7) is 3.34. The number of piperidine rings is 1. The van der Waals surface area contributed by atoms with Crippen LogP contribution in [-0.4, -0.2) is 46.9 Å². The van der Waals surface area contributed by atoms with E-state index in [2.05, 4.69) is 5.32 Å². The molecule has 3 heterocycles. The second-order valence-corrected chi connectivity index (χ2v) is 7.63. The van der Waals surface area contributed by atoms with Crippen LogP contribution < -0.4 is 10.9 Å². The zero-order chi connectivity index (χ0) is 21.3. The van der Waals surface area contributed by atoms with Crippen LogP contribution in [0.3, 0.4) is 0 Å². The van der Waals surface area contributed by atoms with E-state index < -0.39 is 11.9 Å². The van der Waals surface area contributed by atoms with E-state index in [1.165, 1.54) is 0 Å². The molecule has 1 aromatic carbocycles. The predicted molar refractivity (Wildman–Crippen MR) is 109 cm³/mol. The summed E-state index contributed by atoms with van der Waals surface area (Å²) < 4.78 is 6.53. The molecule has 0 radical (unpaired) electrons. The van der Waals surface area contributed by atoms with Gasteiger partial charge in [-0.05, 0) is 37.5 Å². The van der Waals surface area contributed by atoms with Crippen molar-refractivity contribution in [3.63, 3.8) is 0 Å². The zero-order valence-corrected chi connectivity index (χ0v) is 16.7. The molecule has 2 aromatic rings. The van der Waals surface area contributed by atoms with Gasteiger partial charge in [0, 0.05) is 37.3 Å². The van der Waals surface area contributed by atoms with Crippen LogP contribution in [0.25, 0.3) is 0 Å². The number of aromatic nitrogens is 1. The maximum absolute atomic E-state index is 13.3. The molecular formula is C22H23N3O5. The summed E-state index contributed by atoms with van der Waals surface area (Å²) in [6, 6.07) is 11.9. The van der Waals surface area contributed by atoms with Crippen LogP contribution in [0.15, 0.2) is 47.3 Å². The van der Waals surface area contributed by atoms with Gasteiger partial charge in [-0.25, -0.2) is 4.79 Å². The number of likely N-dealkylation sites (tertiary alicyclic amines) is 1. The fourth-order valence-corrected chi connectivity index (χ4v) is 4.38. The van der Waals surface area contributed by atoms with Gasteiger partial charge in [-0.3, -0.25) is 14.4 Å². The van der Waals surface area contributed by atoms with E-state index in [-0.39, 0.29) is 35.6 Å². The van der Waals surface area contributed by atoms with Crippen LogP contribution in [0.5, 0.6) is 0 Å². The molecule has 2 bridgehead atoms. The zero-order valence-electron chi connectivity index (χ0n) is 16.7. The first kappa shape index (κ1) is 19.9. The summed E-state index contributed by atoms with van der Waals surface area (Å²) in [4.78, 5) is 50.9. The number of carbonyl (C=O) groups is 3. The van der Waals surface area contributed by atoms with Crippen molar-refractivity contribution in [1.29, 1.82) is 0 Å². The van der Waals surface area contributed by atoms with E-state index in [9.17, 15) is 19.2 Å². The fourth-order valence-electron chi connectivity index (χ4n) is 4.38. The number of pyridine rings is 1. The van der Waals surface area contributed by atoms with E-state index in [1.807, 2.05) is 10.6 Å². The second kappa shape index (κ2) is 8.14. The van der Waals surface area contributed by atoms with Crippen molar-refractivity contribution in [1.82, 2.24) is 9.47 Å². The van der Waals surface area contributed by atoms with Crippen LogP contribution >= 0.6 is 0 Å². The number of hydrogen-bond acceptors (Lipinski definition) is 5. The molecule has 2 amide bonds. The molecule has 8 nitrogen and oxygen atoms in total. The van der Waals surface area contributed by atoms with E-state index in [0.717, 1.165) is 12.1 Å². The number of para-hydroxylation sites is 1. The SMILES string of the molecule is CCOC(=O)C(=O)Nc1ccccc1C(=O)N1C[C@H]2C[C@@H](C1)c1cccc(=O)n1C2. The Bertz CT molecular complexity index is 1060. The summed E-state index contributed by atoms with van der Waals surface area (Å²) in [6.07, 6.45) is 0.939. The number of benzene rings is 1. The Kier molecular flexibility index (Phi) is 5.39. The van der Waals surface area contributed by atoms with Crippen LogP contribution in [0.1, 0.15) is 35.3 Å². The van der Waals surface area contributed by atoms with Gasteiger partial charge in [-0.1, -0.05) is 18.2 Å². The van der Waals surface area contributed by atoms with Crippen LogP contribution in [0.4, 0.5) is 5.69 Å². The summed E-state index contributed by atoms with van der Waals surface area (Å²) in [5.41, 5.74) is 1.54. The maximum atomic E-state index is 13.3. The Morgan fingerprint density at radius 1 is 1.07 bits per heavy atom. The number of anilines is 1. The normalized spacial score (nSPS) is 19.6. The average molecular weight is 409 g/mol. The number of hydrogen-bond donors (Lipinski definition) is 1. The average Bonchev–Trinajstić information content (AvgIpc) is 2.74. The quantitative estimate of drug-likeness (QED) is 0.614. The van der Waals surface area contributed by atoms with Crippen molar-refractivity contribution in [2.75, 3.05) is 25.0 Å². The highest BCUT2D eigenvalue weighted by Gasteiger charge is 2.37. The van der Waals surface area contributed by atoms with Crippen LogP contribution in [0, 0.1) is 5.92 Å². The molecule has 1 saturated heterocycles. The molecule has 2 aliphatic heterocycles. The minimum Gasteiger partial charge on any atom is -0.459 e. The Labute approximate surface area is 173 Å². The number of carbonyl (C=O) groups excluding carboxylic acids is 3. The van der Waals surface area contributed by atoms with Crippen molar-refractivity contribution >= 4 is 23.5 Å². The van der Waals surface area contributed by atoms with Gasteiger partial charge in [0.05, 0.1) is 17.9 Å². The molecule has 30 heavy (non-hydrogen) atoms. The number of amides is 2. The first-order chi connectivity index (χ1) is 14.5. The van der Waals surface area contributed by atoms with Gasteiger partial charge in [0.2, 0.25) is 0 Å². The maximum Gasteiger partial charge on any atom is 0.397 e. The highest BCUT2D eigenvalue weighted by Crippen LogP contribution is 2.35. The third-order valence-electron chi connectivity index (χ3n) is 5.63. The molecule has 0 saturated carbocycles. The molecule has 0 unspecified atom stereocenters. The summed E-state index contributed by atoms with van der Waals surface area (Å²) in [5.74, 6) is -1.83. The topological polar surface area (TPSA) is 97.7 Å². The van der Waals surface area contributed by atoms with E-state index in [1.54, 1.807) is 48.2 Å². The Morgan fingerprint density at radius 2 is 1.87 bits per heavy atom. The second-order valence-electron chi connectivity index (χ2n) is 7.63. The van der Waals surface area contributed by atoms with Gasteiger partial charge < -0.3 is 19.5 Å². The molecule has 1 fully saturated rings. The minimum absolute atomic E-state index is 0.00556. The molecular weight excluding hydrogens is 386 g/mol. The van der Waals surface area contributed by atoms with Gasteiger partial charge in [-0.2, -0.15) is 0 Å². The Hall–Kier alpha value is -3.42. The summed E-state index contributed by atoms with van der Waals surface area (Å²) in [7, 11) is 0. The first-order valence-electron chi connectivity index (χ1n) is 10.0. The van der Waals surface area contributed by atoms with Crippen LogP contribution in [0.2, 0.25) is 0 Å². The first-order valence-corrected chi connectivity index (χ1v) is 10.0. The number of ether oxygens (including phenoxy) is 1. The number of fused-ring (bicyclic) bond motifs is 4. The monoisotopic (exact) mass is 409 g/mol. The van der Waals surface area contributed by atoms with Gasteiger partial charge in [0.1, 0.15) is 0 Å². The third kappa shape index (κ3) is 3.72. The Balaban J connectivity index is 1.56. The third-order valence-corrected chi connectivity index (χ3v) is 5.63. The van der Waals surface area contributed by atoms with Crippen LogP contribution in [-0.2, 0) is 20.9 Å². The number of esters is 1. The molecule has 1 aromatic heterocycles. The summed E-state index contributed by atoms with van der Waals surface area (Å²) >= 11 is 0.